The first-order valence-electron chi connectivity index (χ1n) is 6.33. The lowest BCUT2D eigenvalue weighted by molar-refractivity contribution is -0.244. The van der Waals surface area contributed by atoms with Crippen molar-refractivity contribution < 1.29 is 9.47 Å². The van der Waals surface area contributed by atoms with E-state index in [9.17, 15) is 0 Å². The van der Waals surface area contributed by atoms with Crippen LogP contribution in [0, 0.1) is 17.3 Å². The fourth-order valence-corrected chi connectivity index (χ4v) is 3.62. The van der Waals surface area contributed by atoms with Gasteiger partial charge in [-0.05, 0) is 43.9 Å². The Labute approximate surface area is 93.3 Å². The van der Waals surface area contributed by atoms with Crippen LogP contribution in [0.5, 0.6) is 0 Å². The van der Waals surface area contributed by atoms with Crippen molar-refractivity contribution in [1.29, 1.82) is 0 Å². The van der Waals surface area contributed by atoms with Gasteiger partial charge in [-0.3, -0.25) is 0 Å². The van der Waals surface area contributed by atoms with Crippen LogP contribution in [-0.4, -0.2) is 20.0 Å². The van der Waals surface area contributed by atoms with Crippen LogP contribution in [0.15, 0.2) is 0 Å². The van der Waals surface area contributed by atoms with Crippen molar-refractivity contribution in [3.05, 3.63) is 0 Å². The highest BCUT2D eigenvalue weighted by atomic mass is 16.7. The van der Waals surface area contributed by atoms with Crippen molar-refractivity contribution in [3.63, 3.8) is 0 Å². The Morgan fingerprint density at radius 2 is 2.07 bits per heavy atom. The molecule has 1 aliphatic carbocycles. The molecule has 88 valence electrons. The first kappa shape index (κ1) is 11.4. The van der Waals surface area contributed by atoms with Gasteiger partial charge in [0, 0.05) is 19.1 Å². The number of hydrogen-bond donors (Lipinski definition) is 0. The molecule has 1 unspecified atom stereocenters. The lowest BCUT2D eigenvalue weighted by Crippen LogP contribution is -2.49. The van der Waals surface area contributed by atoms with Crippen molar-refractivity contribution in [3.8, 4) is 0 Å². The van der Waals surface area contributed by atoms with Gasteiger partial charge in [0.25, 0.3) is 0 Å². The van der Waals surface area contributed by atoms with Crippen LogP contribution in [0.1, 0.15) is 46.0 Å². The minimum atomic E-state index is 0.0498. The van der Waals surface area contributed by atoms with Gasteiger partial charge < -0.3 is 9.47 Å². The Hall–Kier alpha value is -0.0800. The van der Waals surface area contributed by atoms with Crippen LogP contribution in [-0.2, 0) is 9.47 Å². The number of rotatable bonds is 1. The van der Waals surface area contributed by atoms with E-state index in [-0.39, 0.29) is 6.29 Å². The summed E-state index contributed by atoms with van der Waals surface area (Å²) >= 11 is 0. The monoisotopic (exact) mass is 212 g/mol. The molecule has 0 aromatic rings. The molecule has 0 aromatic heterocycles. The fraction of sp³-hybridized carbons (Fsp3) is 1.00. The summed E-state index contributed by atoms with van der Waals surface area (Å²) in [5.41, 5.74) is 0.319. The second-order valence-electron chi connectivity index (χ2n) is 5.56. The van der Waals surface area contributed by atoms with E-state index in [0.29, 0.717) is 5.41 Å². The van der Waals surface area contributed by atoms with E-state index in [1.807, 2.05) is 0 Å². The molecule has 0 bridgehead atoms. The summed E-state index contributed by atoms with van der Waals surface area (Å²) in [5, 5.41) is 0. The average molecular weight is 212 g/mol. The third-order valence-electron chi connectivity index (χ3n) is 4.58. The fourth-order valence-electron chi connectivity index (χ4n) is 3.62. The molecule has 0 amide bonds. The summed E-state index contributed by atoms with van der Waals surface area (Å²) in [5.74, 6) is 1.62. The Kier molecular flexibility index (Phi) is 3.36. The van der Waals surface area contributed by atoms with Gasteiger partial charge in [0.2, 0.25) is 0 Å². The van der Waals surface area contributed by atoms with E-state index in [4.69, 9.17) is 9.47 Å². The molecule has 0 radical (unpaired) electrons. The predicted octanol–water partition coefficient (Wildman–Crippen LogP) is 3.21. The summed E-state index contributed by atoms with van der Waals surface area (Å²) in [4.78, 5) is 0. The van der Waals surface area contributed by atoms with Crippen LogP contribution in [0.4, 0.5) is 0 Å². The van der Waals surface area contributed by atoms with Gasteiger partial charge in [0.15, 0.2) is 6.29 Å². The smallest absolute Gasteiger partial charge is 0.162 e. The normalized spacial score (nSPS) is 47.0. The van der Waals surface area contributed by atoms with Crippen LogP contribution in [0.2, 0.25) is 0 Å². The van der Waals surface area contributed by atoms with Crippen molar-refractivity contribution in [1.82, 2.24) is 0 Å². The highest BCUT2D eigenvalue weighted by molar-refractivity contribution is 4.93. The van der Waals surface area contributed by atoms with Crippen molar-refractivity contribution in [2.45, 2.75) is 52.2 Å². The molecule has 4 atom stereocenters. The maximum atomic E-state index is 5.80. The zero-order valence-electron chi connectivity index (χ0n) is 10.3. The van der Waals surface area contributed by atoms with E-state index in [1.165, 1.54) is 32.1 Å². The molecular formula is C13H24O2. The Morgan fingerprint density at radius 1 is 1.27 bits per heavy atom. The van der Waals surface area contributed by atoms with E-state index in [0.717, 1.165) is 18.4 Å². The molecule has 15 heavy (non-hydrogen) atoms. The molecule has 0 aromatic carbocycles. The Bertz CT molecular complexity index is 217. The third kappa shape index (κ3) is 1.94. The Balaban J connectivity index is 2.14. The minimum absolute atomic E-state index is 0.0498. The van der Waals surface area contributed by atoms with E-state index in [1.54, 1.807) is 7.11 Å². The molecule has 1 saturated heterocycles. The number of hydrogen-bond acceptors (Lipinski definition) is 2. The number of methoxy groups -OCH3 is 1. The maximum absolute atomic E-state index is 5.80. The SMILES string of the molecule is CO[C@@H]1OCCC[C@@]12CCC(C)C[C@H]2C. The first-order valence-corrected chi connectivity index (χ1v) is 6.33. The van der Waals surface area contributed by atoms with Crippen molar-refractivity contribution in [2.75, 3.05) is 13.7 Å². The van der Waals surface area contributed by atoms with Crippen LogP contribution < -0.4 is 0 Å². The molecule has 0 N–H and O–H groups in total. The quantitative estimate of drug-likeness (QED) is 0.664. The summed E-state index contributed by atoms with van der Waals surface area (Å²) < 4.78 is 11.4. The average Bonchev–Trinajstić information content (AvgIpc) is 2.25. The number of ether oxygens (including phenoxy) is 2. The van der Waals surface area contributed by atoms with Gasteiger partial charge in [-0.25, -0.2) is 0 Å². The summed E-state index contributed by atoms with van der Waals surface area (Å²) in [6, 6.07) is 0. The van der Waals surface area contributed by atoms with Gasteiger partial charge in [-0.1, -0.05) is 13.8 Å². The van der Waals surface area contributed by atoms with Gasteiger partial charge >= 0.3 is 0 Å². The lowest BCUT2D eigenvalue weighted by atomic mass is 9.61. The van der Waals surface area contributed by atoms with E-state index >= 15 is 0 Å². The molecule has 2 aliphatic rings. The Morgan fingerprint density at radius 3 is 2.73 bits per heavy atom. The van der Waals surface area contributed by atoms with Crippen LogP contribution in [0.3, 0.4) is 0 Å². The van der Waals surface area contributed by atoms with E-state index < -0.39 is 0 Å². The first-order chi connectivity index (χ1) is 7.19. The molecule has 2 nitrogen and oxygen atoms in total. The summed E-state index contributed by atoms with van der Waals surface area (Å²) in [6.07, 6.45) is 6.51. The molecule has 1 spiro atoms. The predicted molar refractivity (Wildman–Crippen MR) is 60.6 cm³/mol. The van der Waals surface area contributed by atoms with Crippen molar-refractivity contribution in [2.24, 2.45) is 17.3 Å². The van der Waals surface area contributed by atoms with Crippen LogP contribution >= 0.6 is 0 Å². The van der Waals surface area contributed by atoms with Crippen LogP contribution in [0.25, 0.3) is 0 Å². The molecule has 1 aliphatic heterocycles. The van der Waals surface area contributed by atoms with Gasteiger partial charge in [0.05, 0.1) is 0 Å². The zero-order valence-corrected chi connectivity index (χ0v) is 10.3. The standard InChI is InChI=1S/C13H24O2/c1-10-5-7-13(11(2)9-10)6-4-8-15-12(13)14-3/h10-12H,4-9H2,1-3H3/t10?,11-,12-,13+/m1/s1. The van der Waals surface area contributed by atoms with Gasteiger partial charge in [0.1, 0.15) is 0 Å². The zero-order chi connectivity index (χ0) is 10.9. The second-order valence-corrected chi connectivity index (χ2v) is 5.56. The van der Waals surface area contributed by atoms with Crippen molar-refractivity contribution >= 4 is 0 Å². The van der Waals surface area contributed by atoms with Gasteiger partial charge in [-0.2, -0.15) is 0 Å². The molecule has 1 heterocycles. The largest absolute Gasteiger partial charge is 0.355 e. The molecule has 2 fully saturated rings. The topological polar surface area (TPSA) is 18.5 Å². The highest BCUT2D eigenvalue weighted by Crippen LogP contribution is 2.51. The lowest BCUT2D eigenvalue weighted by Gasteiger charge is -2.50. The summed E-state index contributed by atoms with van der Waals surface area (Å²) in [6.45, 7) is 5.63. The molecule has 1 saturated carbocycles. The maximum Gasteiger partial charge on any atom is 0.162 e. The highest BCUT2D eigenvalue weighted by Gasteiger charge is 2.48. The molecule has 2 rings (SSSR count). The second kappa shape index (κ2) is 4.42. The third-order valence-corrected chi connectivity index (χ3v) is 4.58. The van der Waals surface area contributed by atoms with E-state index in [2.05, 4.69) is 13.8 Å². The molecular weight excluding hydrogens is 188 g/mol. The molecule has 2 heteroatoms. The minimum Gasteiger partial charge on any atom is -0.355 e. The summed E-state index contributed by atoms with van der Waals surface area (Å²) in [7, 11) is 1.79. The van der Waals surface area contributed by atoms with Gasteiger partial charge in [-0.15, -0.1) is 0 Å².